The van der Waals surface area contributed by atoms with Gasteiger partial charge in [0.25, 0.3) is 0 Å². The van der Waals surface area contributed by atoms with E-state index in [-0.39, 0.29) is 17.6 Å². The molecular formula is C32H39FN6. The van der Waals surface area contributed by atoms with Crippen LogP contribution in [0.25, 0.3) is 22.0 Å². The number of benzene rings is 2. The van der Waals surface area contributed by atoms with Gasteiger partial charge in [-0.15, -0.1) is 0 Å². The summed E-state index contributed by atoms with van der Waals surface area (Å²) < 4.78 is 14.9. The number of aliphatic imine (C=N–C) groups is 1. The number of hydrogen-bond donors (Lipinski definition) is 2. The highest BCUT2D eigenvalue weighted by atomic mass is 19.1. The van der Waals surface area contributed by atoms with Crippen LogP contribution in [0.15, 0.2) is 64.2 Å². The van der Waals surface area contributed by atoms with Crippen molar-refractivity contribution in [3.8, 4) is 11.1 Å². The van der Waals surface area contributed by atoms with E-state index in [1.165, 1.54) is 28.8 Å². The fraction of sp³-hybridized carbons (Fsp3) is 0.344. The summed E-state index contributed by atoms with van der Waals surface area (Å²) in [6.45, 7) is 14.9. The molecule has 0 bridgehead atoms. The number of rotatable bonds is 7. The number of anilines is 2. The molecule has 3 N–H and O–H groups in total. The maximum atomic E-state index is 14.9. The summed E-state index contributed by atoms with van der Waals surface area (Å²) >= 11 is 0. The van der Waals surface area contributed by atoms with E-state index in [0.29, 0.717) is 28.2 Å². The first-order chi connectivity index (χ1) is 18.5. The van der Waals surface area contributed by atoms with Gasteiger partial charge in [-0.05, 0) is 86.4 Å². The highest BCUT2D eigenvalue weighted by Crippen LogP contribution is 2.37. The van der Waals surface area contributed by atoms with E-state index in [4.69, 9.17) is 10.7 Å². The van der Waals surface area contributed by atoms with Crippen molar-refractivity contribution in [2.75, 3.05) is 18.1 Å². The fourth-order valence-corrected chi connectivity index (χ4v) is 5.07. The lowest BCUT2D eigenvalue weighted by molar-refractivity contribution is 0.578. The van der Waals surface area contributed by atoms with Crippen molar-refractivity contribution in [3.05, 3.63) is 81.7 Å². The standard InChI is InChI=1S/C32H39FN6/c1-9-18(3)11-20(5)23-12-21(6)29(22(7)13-23)25-14-24(33)15-26-30(25)37-32(38-31(26)34)36-28-17-39(8)27(16-35-28)19(4)10-2/h11-17,20H,9-10H2,1-8H3,(H3,34,36,37,38)/b18-11+,27-19+. The Balaban J connectivity index is 1.79. The van der Waals surface area contributed by atoms with Gasteiger partial charge in [-0.25, -0.2) is 14.4 Å². The molecule has 4 rings (SSSR count). The molecule has 0 radical (unpaired) electrons. The van der Waals surface area contributed by atoms with Crippen molar-refractivity contribution < 1.29 is 4.39 Å². The SMILES string of the molecule is CC/C(C)=C/C(C)c1cc(C)c(-c2cc(F)cc3c(N)nc(NC4=CN(C)/C(=C(\C)CC)C=N4)nc23)c(C)c1. The number of halogens is 1. The Kier molecular flexibility index (Phi) is 8.19. The van der Waals surface area contributed by atoms with Gasteiger partial charge in [0.1, 0.15) is 17.5 Å². The summed E-state index contributed by atoms with van der Waals surface area (Å²) in [5, 5.41) is 3.67. The molecule has 1 aromatic heterocycles. The van der Waals surface area contributed by atoms with Gasteiger partial charge in [0.15, 0.2) is 0 Å². The summed E-state index contributed by atoms with van der Waals surface area (Å²) in [5.74, 6) is 1.02. The molecule has 6 nitrogen and oxygen atoms in total. The van der Waals surface area contributed by atoms with Crippen LogP contribution in [0.5, 0.6) is 0 Å². The molecule has 0 fully saturated rings. The molecule has 1 atom stereocenters. The van der Waals surface area contributed by atoms with Crippen molar-refractivity contribution in [1.82, 2.24) is 14.9 Å². The molecule has 39 heavy (non-hydrogen) atoms. The third kappa shape index (κ3) is 5.87. The van der Waals surface area contributed by atoms with Crippen LogP contribution in [0.3, 0.4) is 0 Å². The van der Waals surface area contributed by atoms with E-state index in [1.54, 1.807) is 0 Å². The molecular weight excluding hydrogens is 487 g/mol. The number of nitrogen functional groups attached to an aromatic ring is 1. The Labute approximate surface area is 231 Å². The number of fused-ring (bicyclic) bond motifs is 1. The smallest absolute Gasteiger partial charge is 0.230 e. The van der Waals surface area contributed by atoms with Crippen LogP contribution in [-0.2, 0) is 0 Å². The zero-order chi connectivity index (χ0) is 28.4. The number of aromatic nitrogens is 2. The van der Waals surface area contributed by atoms with E-state index in [1.807, 2.05) is 24.4 Å². The summed E-state index contributed by atoms with van der Waals surface area (Å²) in [7, 11) is 1.98. The van der Waals surface area contributed by atoms with Gasteiger partial charge in [-0.2, -0.15) is 4.98 Å². The Morgan fingerprint density at radius 3 is 2.38 bits per heavy atom. The lowest BCUT2D eigenvalue weighted by atomic mass is 9.88. The minimum Gasteiger partial charge on any atom is -0.383 e. The Morgan fingerprint density at radius 1 is 1.08 bits per heavy atom. The second-order valence-corrected chi connectivity index (χ2v) is 10.5. The maximum absolute atomic E-state index is 14.9. The number of allylic oxidation sites excluding steroid dienone is 4. The van der Waals surface area contributed by atoms with E-state index in [2.05, 4.69) is 82.0 Å². The summed E-state index contributed by atoms with van der Waals surface area (Å²) in [6, 6.07) is 7.31. The molecule has 2 heterocycles. The zero-order valence-electron chi connectivity index (χ0n) is 24.3. The van der Waals surface area contributed by atoms with Crippen molar-refractivity contribution >= 4 is 28.9 Å². The second kappa shape index (κ2) is 11.4. The van der Waals surface area contributed by atoms with Gasteiger partial charge < -0.3 is 16.0 Å². The van der Waals surface area contributed by atoms with Gasteiger partial charge >= 0.3 is 0 Å². The fourth-order valence-electron chi connectivity index (χ4n) is 5.07. The van der Waals surface area contributed by atoms with Crippen LogP contribution in [0.4, 0.5) is 16.2 Å². The largest absolute Gasteiger partial charge is 0.383 e. The van der Waals surface area contributed by atoms with Gasteiger partial charge in [0.05, 0.1) is 17.4 Å². The first-order valence-electron chi connectivity index (χ1n) is 13.5. The monoisotopic (exact) mass is 526 g/mol. The average molecular weight is 527 g/mol. The molecule has 0 aliphatic carbocycles. The van der Waals surface area contributed by atoms with Gasteiger partial charge in [0.2, 0.25) is 5.95 Å². The normalized spacial score (nSPS) is 16.0. The molecule has 1 aliphatic rings. The molecule has 0 saturated carbocycles. The van der Waals surface area contributed by atoms with Crippen LogP contribution in [0.1, 0.15) is 70.1 Å². The van der Waals surface area contributed by atoms with Crippen LogP contribution in [0, 0.1) is 19.7 Å². The van der Waals surface area contributed by atoms with Gasteiger partial charge in [-0.3, -0.25) is 0 Å². The second-order valence-electron chi connectivity index (χ2n) is 10.5. The Morgan fingerprint density at radius 2 is 1.77 bits per heavy atom. The Bertz CT molecular complexity index is 1520. The maximum Gasteiger partial charge on any atom is 0.230 e. The Hall–Kier alpha value is -4.00. The number of nitrogens with zero attached hydrogens (tertiary/aromatic N) is 4. The first kappa shape index (κ1) is 28.0. The lowest BCUT2D eigenvalue weighted by Crippen LogP contribution is -2.20. The van der Waals surface area contributed by atoms with E-state index >= 15 is 0 Å². The highest BCUT2D eigenvalue weighted by molar-refractivity contribution is 6.00. The molecule has 204 valence electrons. The first-order valence-corrected chi connectivity index (χ1v) is 13.5. The van der Waals surface area contributed by atoms with Crippen LogP contribution in [0.2, 0.25) is 0 Å². The predicted octanol–water partition coefficient (Wildman–Crippen LogP) is 8.01. The van der Waals surface area contributed by atoms with Crippen LogP contribution < -0.4 is 11.1 Å². The quantitative estimate of drug-likeness (QED) is 0.305. The topological polar surface area (TPSA) is 79.4 Å². The molecule has 1 aliphatic heterocycles. The van der Waals surface area contributed by atoms with Crippen molar-refractivity contribution in [3.63, 3.8) is 0 Å². The molecule has 0 spiro atoms. The van der Waals surface area contributed by atoms with Crippen molar-refractivity contribution in [2.45, 2.75) is 67.2 Å². The van der Waals surface area contributed by atoms with Crippen molar-refractivity contribution in [1.29, 1.82) is 0 Å². The third-order valence-corrected chi connectivity index (χ3v) is 7.47. The summed E-state index contributed by atoms with van der Waals surface area (Å²) in [6.07, 6.45) is 8.01. The number of nitrogens with two attached hydrogens (primary N) is 1. The minimum atomic E-state index is -0.377. The number of nitrogens with one attached hydrogen (secondary N) is 1. The summed E-state index contributed by atoms with van der Waals surface area (Å²) in [5.41, 5.74) is 15.6. The molecule has 0 amide bonds. The van der Waals surface area contributed by atoms with E-state index < -0.39 is 0 Å². The average Bonchev–Trinajstić information content (AvgIpc) is 2.88. The highest BCUT2D eigenvalue weighted by Gasteiger charge is 2.19. The van der Waals surface area contributed by atoms with Gasteiger partial charge in [-0.1, -0.05) is 44.6 Å². The van der Waals surface area contributed by atoms with E-state index in [9.17, 15) is 4.39 Å². The summed E-state index contributed by atoms with van der Waals surface area (Å²) in [4.78, 5) is 15.8. The van der Waals surface area contributed by atoms with Gasteiger partial charge in [0, 0.05) is 24.2 Å². The van der Waals surface area contributed by atoms with Crippen molar-refractivity contribution in [2.24, 2.45) is 4.99 Å². The number of hydrogen-bond acceptors (Lipinski definition) is 6. The molecule has 3 aromatic rings. The lowest BCUT2D eigenvalue weighted by Gasteiger charge is -2.23. The molecule has 0 saturated heterocycles. The minimum absolute atomic E-state index is 0.208. The molecule has 1 unspecified atom stereocenters. The van der Waals surface area contributed by atoms with E-state index in [0.717, 1.165) is 35.2 Å². The molecule has 2 aromatic carbocycles. The van der Waals surface area contributed by atoms with Crippen LogP contribution >= 0.6 is 0 Å². The zero-order valence-corrected chi connectivity index (χ0v) is 24.3. The third-order valence-electron chi connectivity index (χ3n) is 7.47. The number of aryl methyl sites for hydroxylation is 2. The molecule has 7 heteroatoms. The predicted molar refractivity (Wildman–Crippen MR) is 162 cm³/mol. The van der Waals surface area contributed by atoms with Crippen LogP contribution in [-0.4, -0.2) is 28.1 Å².